The molecular weight excluding hydrogens is 152 g/mol. The maximum Gasteiger partial charge on any atom is 0.246 e. The van der Waals surface area contributed by atoms with E-state index in [-0.39, 0.29) is 5.91 Å². The van der Waals surface area contributed by atoms with E-state index >= 15 is 0 Å². The van der Waals surface area contributed by atoms with E-state index in [1.165, 1.54) is 0 Å². The van der Waals surface area contributed by atoms with E-state index in [0.29, 0.717) is 5.57 Å². The average molecular weight is 170 g/mol. The Bertz CT molecular complexity index is 177. The van der Waals surface area contributed by atoms with Crippen molar-refractivity contribution in [2.45, 2.75) is 33.6 Å². The van der Waals surface area contributed by atoms with Crippen molar-refractivity contribution in [2.75, 3.05) is 6.54 Å². The Hall–Kier alpha value is -0.990. The Morgan fingerprint density at radius 1 is 1.42 bits per heavy atom. The molecule has 0 aromatic rings. The number of allylic oxidation sites excluding steroid dienone is 1. The van der Waals surface area contributed by atoms with E-state index in [2.05, 4.69) is 12.2 Å². The molecule has 0 radical (unpaired) electrons. The van der Waals surface area contributed by atoms with Crippen LogP contribution in [0, 0.1) is 0 Å². The lowest BCUT2D eigenvalue weighted by Crippen LogP contribution is -2.21. The van der Waals surface area contributed by atoms with Gasteiger partial charge in [0.25, 0.3) is 0 Å². The maximum atomic E-state index is 10.8. The van der Waals surface area contributed by atoms with Gasteiger partial charge in [-0.3, -0.25) is 4.79 Å². The highest BCUT2D eigenvalue weighted by Crippen LogP contribution is 2.06. The van der Waals surface area contributed by atoms with Gasteiger partial charge in [0.05, 0.1) is 0 Å². The van der Waals surface area contributed by atoms with Crippen molar-refractivity contribution in [1.82, 2.24) is 5.32 Å². The van der Waals surface area contributed by atoms with Gasteiger partial charge >= 0.3 is 0 Å². The Labute approximate surface area is 74.0 Å². The number of nitrogens with two attached hydrogens (primary N) is 1. The van der Waals surface area contributed by atoms with Gasteiger partial charge in [-0.05, 0) is 20.3 Å². The van der Waals surface area contributed by atoms with Gasteiger partial charge in [-0.2, -0.15) is 0 Å². The van der Waals surface area contributed by atoms with Crippen LogP contribution in [0.4, 0.5) is 0 Å². The van der Waals surface area contributed by atoms with Crippen LogP contribution in [-0.2, 0) is 4.79 Å². The van der Waals surface area contributed by atoms with Gasteiger partial charge in [0.2, 0.25) is 5.91 Å². The molecule has 0 saturated carbocycles. The van der Waals surface area contributed by atoms with E-state index in [1.54, 1.807) is 6.92 Å². The van der Waals surface area contributed by atoms with Crippen LogP contribution >= 0.6 is 0 Å². The summed E-state index contributed by atoms with van der Waals surface area (Å²) in [6.45, 7) is 6.67. The Morgan fingerprint density at radius 3 is 2.33 bits per heavy atom. The largest absolute Gasteiger partial charge is 0.388 e. The molecule has 0 heterocycles. The molecule has 0 rings (SSSR count). The zero-order valence-electron chi connectivity index (χ0n) is 8.11. The van der Waals surface area contributed by atoms with Crippen LogP contribution in [0.3, 0.4) is 0 Å². The summed E-state index contributed by atoms with van der Waals surface area (Å²) in [5.41, 5.74) is 6.79. The molecule has 0 bridgehead atoms. The highest BCUT2D eigenvalue weighted by molar-refractivity contribution is 5.91. The summed E-state index contributed by atoms with van der Waals surface area (Å²) in [5, 5.41) is 3.14. The summed E-state index contributed by atoms with van der Waals surface area (Å²) < 4.78 is 0. The van der Waals surface area contributed by atoms with Crippen molar-refractivity contribution in [1.29, 1.82) is 0 Å². The van der Waals surface area contributed by atoms with Crippen molar-refractivity contribution in [2.24, 2.45) is 5.73 Å². The first-order valence-corrected chi connectivity index (χ1v) is 4.36. The molecule has 70 valence electrons. The molecule has 1 amide bonds. The minimum Gasteiger partial charge on any atom is -0.388 e. The number of rotatable bonds is 5. The number of primary amides is 1. The number of amides is 1. The van der Waals surface area contributed by atoms with Crippen LogP contribution in [-0.4, -0.2) is 12.5 Å². The molecule has 3 N–H and O–H groups in total. The highest BCUT2D eigenvalue weighted by atomic mass is 16.1. The van der Waals surface area contributed by atoms with Crippen LogP contribution in [0.5, 0.6) is 0 Å². The summed E-state index contributed by atoms with van der Waals surface area (Å²) in [4.78, 5) is 10.8. The molecule has 0 unspecified atom stereocenters. The zero-order chi connectivity index (χ0) is 9.56. The lowest BCUT2D eigenvalue weighted by molar-refractivity contribution is -0.114. The smallest absolute Gasteiger partial charge is 0.246 e. The van der Waals surface area contributed by atoms with Gasteiger partial charge in [0.15, 0.2) is 0 Å². The third kappa shape index (κ3) is 3.42. The zero-order valence-corrected chi connectivity index (χ0v) is 8.11. The monoisotopic (exact) mass is 170 g/mol. The van der Waals surface area contributed by atoms with Crippen molar-refractivity contribution >= 4 is 5.91 Å². The molecule has 0 spiro atoms. The predicted molar refractivity (Wildman–Crippen MR) is 50.5 cm³/mol. The van der Waals surface area contributed by atoms with Gasteiger partial charge in [0.1, 0.15) is 0 Å². The molecular formula is C9H18N2O. The molecule has 0 aromatic heterocycles. The average Bonchev–Trinajstić information content (AvgIpc) is 2.03. The minimum absolute atomic E-state index is 0.334. The fraction of sp³-hybridized carbons (Fsp3) is 0.667. The van der Waals surface area contributed by atoms with Crippen molar-refractivity contribution in [3.8, 4) is 0 Å². The second-order valence-corrected chi connectivity index (χ2v) is 2.75. The summed E-state index contributed by atoms with van der Waals surface area (Å²) in [6.07, 6.45) is 1.91. The first-order valence-electron chi connectivity index (χ1n) is 4.36. The van der Waals surface area contributed by atoms with Crippen molar-refractivity contribution in [3.05, 3.63) is 11.3 Å². The molecule has 0 atom stereocenters. The van der Waals surface area contributed by atoms with Gasteiger partial charge in [-0.25, -0.2) is 0 Å². The van der Waals surface area contributed by atoms with Crippen LogP contribution in [0.25, 0.3) is 0 Å². The number of hydrogen-bond donors (Lipinski definition) is 2. The Balaban J connectivity index is 4.43. The van der Waals surface area contributed by atoms with Crippen molar-refractivity contribution < 1.29 is 4.79 Å². The molecule has 0 aliphatic carbocycles. The van der Waals surface area contributed by atoms with Gasteiger partial charge in [-0.1, -0.05) is 13.3 Å². The number of hydrogen-bond acceptors (Lipinski definition) is 2. The minimum atomic E-state index is -0.334. The molecule has 0 fully saturated rings. The second-order valence-electron chi connectivity index (χ2n) is 2.75. The summed E-state index contributed by atoms with van der Waals surface area (Å²) >= 11 is 0. The molecule has 0 aromatic carbocycles. The summed E-state index contributed by atoms with van der Waals surface area (Å²) in [6, 6.07) is 0. The number of nitrogens with one attached hydrogen (secondary N) is 1. The summed E-state index contributed by atoms with van der Waals surface area (Å²) in [7, 11) is 0. The van der Waals surface area contributed by atoms with E-state index in [9.17, 15) is 4.79 Å². The van der Waals surface area contributed by atoms with Crippen LogP contribution < -0.4 is 11.1 Å². The van der Waals surface area contributed by atoms with Gasteiger partial charge < -0.3 is 11.1 Å². The fourth-order valence-corrected chi connectivity index (χ4v) is 1.02. The molecule has 12 heavy (non-hydrogen) atoms. The van der Waals surface area contributed by atoms with Gasteiger partial charge in [-0.15, -0.1) is 0 Å². The van der Waals surface area contributed by atoms with Crippen LogP contribution in [0.1, 0.15) is 33.6 Å². The fourth-order valence-electron chi connectivity index (χ4n) is 1.02. The molecule has 0 saturated heterocycles. The standard InChI is InChI=1S/C9H18N2O/c1-4-6-8(11-5-2)7(3)9(10)12/h11H,4-6H2,1-3H3,(H2,10,12). The number of carbonyl (C=O) groups excluding carboxylic acids is 1. The first kappa shape index (κ1) is 11.0. The second kappa shape index (κ2) is 5.63. The van der Waals surface area contributed by atoms with Crippen LogP contribution in [0.15, 0.2) is 11.3 Å². The van der Waals surface area contributed by atoms with Gasteiger partial charge in [0, 0.05) is 17.8 Å². The Kier molecular flexibility index (Phi) is 5.17. The van der Waals surface area contributed by atoms with Crippen LogP contribution in [0.2, 0.25) is 0 Å². The third-order valence-corrected chi connectivity index (χ3v) is 1.71. The maximum absolute atomic E-state index is 10.8. The quantitative estimate of drug-likeness (QED) is 0.608. The SMILES string of the molecule is CCCC(NCC)=C(C)C(N)=O. The molecule has 0 aliphatic rings. The van der Waals surface area contributed by atoms with E-state index in [1.807, 2.05) is 6.92 Å². The Morgan fingerprint density at radius 2 is 2.00 bits per heavy atom. The topological polar surface area (TPSA) is 55.1 Å². The first-order chi connectivity index (χ1) is 5.63. The van der Waals surface area contributed by atoms with E-state index in [0.717, 1.165) is 25.1 Å². The summed E-state index contributed by atoms with van der Waals surface area (Å²) in [5.74, 6) is -0.334. The predicted octanol–water partition coefficient (Wildman–Crippen LogP) is 1.16. The normalized spacial score (nSPS) is 12.2. The number of carbonyl (C=O) groups is 1. The lowest BCUT2D eigenvalue weighted by Gasteiger charge is -2.10. The van der Waals surface area contributed by atoms with Crippen molar-refractivity contribution in [3.63, 3.8) is 0 Å². The lowest BCUT2D eigenvalue weighted by atomic mass is 10.1. The highest BCUT2D eigenvalue weighted by Gasteiger charge is 2.04. The molecule has 3 nitrogen and oxygen atoms in total. The van der Waals surface area contributed by atoms with E-state index in [4.69, 9.17) is 5.73 Å². The third-order valence-electron chi connectivity index (χ3n) is 1.71. The van der Waals surface area contributed by atoms with E-state index < -0.39 is 0 Å². The molecule has 0 aliphatic heterocycles. The molecule has 3 heteroatoms.